The van der Waals surface area contributed by atoms with Crippen LogP contribution in [0, 0.1) is 23.7 Å². The number of rotatable bonds is 4. The molecule has 2 aromatic rings. The molecule has 0 bridgehead atoms. The van der Waals surface area contributed by atoms with Gasteiger partial charge in [0, 0.05) is 0 Å². The fourth-order valence-corrected chi connectivity index (χ4v) is 6.29. The van der Waals surface area contributed by atoms with Gasteiger partial charge < -0.3 is 0 Å². The van der Waals surface area contributed by atoms with Gasteiger partial charge in [0.05, 0.1) is 29.4 Å². The summed E-state index contributed by atoms with van der Waals surface area (Å²) in [6.45, 7) is 3.51. The minimum absolute atomic E-state index is 0.0519. The first kappa shape index (κ1) is 27.9. The van der Waals surface area contributed by atoms with Crippen LogP contribution in [-0.2, 0) is 24.6 Å². The smallest absolute Gasteiger partial charge is 0.296 e. The van der Waals surface area contributed by atoms with Gasteiger partial charge in [-0.15, -0.1) is 0 Å². The maximum absolute atomic E-state index is 14.5. The van der Waals surface area contributed by atoms with Gasteiger partial charge in [-0.1, -0.05) is 50.2 Å². The van der Waals surface area contributed by atoms with Gasteiger partial charge in [-0.25, -0.2) is 0 Å². The van der Waals surface area contributed by atoms with Crippen molar-refractivity contribution in [1.29, 1.82) is 0 Å². The molecule has 0 aromatic heterocycles. The average molecular weight is 566 g/mol. The van der Waals surface area contributed by atoms with Crippen molar-refractivity contribution in [1.82, 2.24) is 5.32 Å². The molecule has 2 saturated heterocycles. The third-order valence-corrected chi connectivity index (χ3v) is 8.40. The zero-order valence-electron chi connectivity index (χ0n) is 21.3. The summed E-state index contributed by atoms with van der Waals surface area (Å²) in [5, 5.41) is 2.19. The van der Waals surface area contributed by atoms with Crippen LogP contribution < -0.4 is 10.2 Å². The fourth-order valence-electron chi connectivity index (χ4n) is 6.29. The average Bonchev–Trinajstić information content (AvgIpc) is 3.28. The van der Waals surface area contributed by atoms with Crippen LogP contribution in [0.5, 0.6) is 0 Å². The molecular formula is C28H24F6N2O4. The quantitative estimate of drug-likeness (QED) is 0.417. The summed E-state index contributed by atoms with van der Waals surface area (Å²) in [6.07, 6.45) is -11.7. The number of hydrogen-bond donors (Lipinski definition) is 1. The van der Waals surface area contributed by atoms with Crippen molar-refractivity contribution in [3.05, 3.63) is 65.2 Å². The second-order valence-electron chi connectivity index (χ2n) is 10.8. The van der Waals surface area contributed by atoms with Crippen LogP contribution in [0.25, 0.3) is 0 Å². The van der Waals surface area contributed by atoms with Crippen molar-refractivity contribution < 1.29 is 45.5 Å². The second-order valence-corrected chi connectivity index (χ2v) is 10.8. The molecule has 0 spiro atoms. The fraction of sp³-hybridized carbons (Fsp3) is 0.429. The number of alkyl halides is 6. The van der Waals surface area contributed by atoms with Crippen LogP contribution in [0.4, 0.5) is 32.0 Å². The van der Waals surface area contributed by atoms with E-state index in [2.05, 4.69) is 5.32 Å². The monoisotopic (exact) mass is 566 g/mol. The van der Waals surface area contributed by atoms with Gasteiger partial charge >= 0.3 is 12.4 Å². The van der Waals surface area contributed by atoms with Gasteiger partial charge in [0.1, 0.15) is 0 Å². The first-order chi connectivity index (χ1) is 18.6. The molecule has 3 fully saturated rings. The van der Waals surface area contributed by atoms with E-state index in [0.29, 0.717) is 17.7 Å². The third-order valence-electron chi connectivity index (χ3n) is 8.40. The summed E-state index contributed by atoms with van der Waals surface area (Å²) < 4.78 is 87.0. The normalized spacial score (nSPS) is 25.4. The molecular weight excluding hydrogens is 542 g/mol. The molecule has 1 saturated carbocycles. The summed E-state index contributed by atoms with van der Waals surface area (Å²) in [6, 6.07) is 7.11. The van der Waals surface area contributed by atoms with Crippen LogP contribution in [0.3, 0.4) is 0 Å². The summed E-state index contributed by atoms with van der Waals surface area (Å²) >= 11 is 0. The first-order valence-electron chi connectivity index (χ1n) is 12.7. The number of amides is 4. The van der Waals surface area contributed by atoms with Crippen LogP contribution in [0.1, 0.15) is 49.3 Å². The first-order valence-corrected chi connectivity index (χ1v) is 12.7. The zero-order chi connectivity index (χ0) is 29.4. The Kier molecular flexibility index (Phi) is 6.38. The summed E-state index contributed by atoms with van der Waals surface area (Å²) in [5.74, 6) is -6.00. The van der Waals surface area contributed by atoms with Gasteiger partial charge in [0.15, 0.2) is 0 Å². The lowest BCUT2D eigenvalue weighted by Crippen LogP contribution is -2.54. The highest BCUT2D eigenvalue weighted by Gasteiger charge is 2.72. The maximum atomic E-state index is 14.5. The molecule has 1 N–H and O–H groups in total. The Bertz CT molecular complexity index is 1330. The van der Waals surface area contributed by atoms with E-state index in [-0.39, 0.29) is 24.4 Å². The van der Waals surface area contributed by atoms with Gasteiger partial charge in [0.2, 0.25) is 29.0 Å². The Morgan fingerprint density at radius 3 is 1.45 bits per heavy atom. The van der Waals surface area contributed by atoms with E-state index in [0.717, 1.165) is 29.2 Å². The van der Waals surface area contributed by atoms with E-state index in [1.807, 2.05) is 0 Å². The Balaban J connectivity index is 1.53. The number of anilines is 1. The van der Waals surface area contributed by atoms with E-state index in [9.17, 15) is 45.5 Å². The minimum atomic E-state index is -5.79. The molecule has 12 heteroatoms. The van der Waals surface area contributed by atoms with E-state index in [4.69, 9.17) is 0 Å². The van der Waals surface area contributed by atoms with Crippen molar-refractivity contribution in [3.63, 3.8) is 0 Å². The molecule has 2 heterocycles. The number of fused-ring (bicyclic) bond motifs is 2. The number of nitrogens with zero attached hydrogens (tertiary/aromatic N) is 1. The van der Waals surface area contributed by atoms with Crippen molar-refractivity contribution in [2.75, 3.05) is 4.90 Å². The van der Waals surface area contributed by atoms with E-state index >= 15 is 0 Å². The molecule has 5 rings (SSSR count). The minimum Gasteiger partial charge on any atom is -0.296 e. The molecule has 1 aliphatic carbocycles. The molecule has 40 heavy (non-hydrogen) atoms. The number of nitrogens with one attached hydrogen (secondary N) is 1. The highest BCUT2D eigenvalue weighted by atomic mass is 19.4. The van der Waals surface area contributed by atoms with E-state index in [1.165, 1.54) is 12.1 Å². The Labute approximate surface area is 224 Å². The molecule has 4 unspecified atom stereocenters. The SMILES string of the molecule is CC(C)c1ccc(C(c2ccc(N3C(=O)C4CC5C(=O)NC(=O)C5CC4C3=O)cc2)(C(F)(F)F)C(F)(F)F)cc1. The number of carbonyl (C=O) groups excluding carboxylic acids is 4. The number of imide groups is 2. The summed E-state index contributed by atoms with van der Waals surface area (Å²) in [7, 11) is 0. The van der Waals surface area contributed by atoms with Crippen LogP contribution in [-0.4, -0.2) is 36.0 Å². The molecule has 0 radical (unpaired) electrons. The lowest BCUT2D eigenvalue weighted by atomic mass is 9.70. The van der Waals surface area contributed by atoms with Gasteiger partial charge in [-0.3, -0.25) is 29.4 Å². The molecule has 3 aliphatic rings. The Morgan fingerprint density at radius 1 is 0.675 bits per heavy atom. The molecule has 212 valence electrons. The van der Waals surface area contributed by atoms with Crippen molar-refractivity contribution in [3.8, 4) is 0 Å². The van der Waals surface area contributed by atoms with Crippen LogP contribution in [0.2, 0.25) is 0 Å². The molecule has 2 aromatic carbocycles. The van der Waals surface area contributed by atoms with Gasteiger partial charge in [-0.2, -0.15) is 26.3 Å². The number of carbonyl (C=O) groups is 4. The number of benzene rings is 2. The Hall–Kier alpha value is -3.70. The van der Waals surface area contributed by atoms with Crippen molar-refractivity contribution in [2.24, 2.45) is 23.7 Å². The number of hydrogen-bond acceptors (Lipinski definition) is 4. The van der Waals surface area contributed by atoms with Crippen LogP contribution >= 0.6 is 0 Å². The lowest BCUT2D eigenvalue weighted by Gasteiger charge is -2.38. The number of halogens is 6. The topological polar surface area (TPSA) is 83.6 Å². The molecule has 6 nitrogen and oxygen atoms in total. The lowest BCUT2D eigenvalue weighted by molar-refractivity contribution is -0.288. The molecule has 4 atom stereocenters. The zero-order valence-corrected chi connectivity index (χ0v) is 21.3. The standard InChI is InChI=1S/C28H24F6N2O4/c1-13(2)14-3-5-15(6-4-14)26(27(29,30)31,28(32,33)34)16-7-9-17(10-8-16)36-24(39)20-11-18-19(12-21(20)25(36)40)23(38)35-22(18)37/h3-10,13,18-21H,11-12H2,1-2H3,(H,35,37,38). The highest BCUT2D eigenvalue weighted by Crippen LogP contribution is 2.56. The second kappa shape index (κ2) is 9.17. The largest absolute Gasteiger partial charge is 0.411 e. The van der Waals surface area contributed by atoms with E-state index < -0.39 is 76.2 Å². The predicted octanol–water partition coefficient (Wildman–Crippen LogP) is 5.01. The third kappa shape index (κ3) is 3.94. The summed E-state index contributed by atoms with van der Waals surface area (Å²) in [5.41, 5.74) is -6.14. The van der Waals surface area contributed by atoms with Crippen molar-refractivity contribution in [2.45, 2.75) is 50.4 Å². The van der Waals surface area contributed by atoms with Crippen molar-refractivity contribution >= 4 is 29.3 Å². The molecule has 2 aliphatic heterocycles. The Morgan fingerprint density at radius 2 is 1.07 bits per heavy atom. The van der Waals surface area contributed by atoms with Gasteiger partial charge in [0.25, 0.3) is 0 Å². The maximum Gasteiger partial charge on any atom is 0.411 e. The van der Waals surface area contributed by atoms with Gasteiger partial charge in [-0.05, 0) is 47.6 Å². The predicted molar refractivity (Wildman–Crippen MR) is 129 cm³/mol. The summed E-state index contributed by atoms with van der Waals surface area (Å²) in [4.78, 5) is 51.2. The van der Waals surface area contributed by atoms with Crippen LogP contribution in [0.15, 0.2) is 48.5 Å². The highest BCUT2D eigenvalue weighted by molar-refractivity contribution is 6.22. The molecule has 4 amide bonds. The van der Waals surface area contributed by atoms with E-state index in [1.54, 1.807) is 13.8 Å².